The predicted molar refractivity (Wildman–Crippen MR) is 90.1 cm³/mol. The molecule has 0 aliphatic carbocycles. The molecule has 114 valence electrons. The van der Waals surface area contributed by atoms with Gasteiger partial charge in [-0.05, 0) is 41.0 Å². The number of benzene rings is 3. The molecule has 0 aliphatic rings. The highest BCUT2D eigenvalue weighted by Crippen LogP contribution is 2.22. The van der Waals surface area contributed by atoms with E-state index in [0.29, 0.717) is 11.1 Å². The van der Waals surface area contributed by atoms with Gasteiger partial charge in [-0.15, -0.1) is 0 Å². The average Bonchev–Trinajstić information content (AvgIpc) is 2.56. The summed E-state index contributed by atoms with van der Waals surface area (Å²) in [6.07, 6.45) is 1.48. The number of carbonyl (C=O) groups is 1. The summed E-state index contributed by atoms with van der Waals surface area (Å²) in [7, 11) is 0. The first-order valence-electron chi connectivity index (χ1n) is 7.22. The Balaban J connectivity index is 1.83. The largest absolute Gasteiger partial charge is 0.272 e. The van der Waals surface area contributed by atoms with E-state index in [2.05, 4.69) is 10.5 Å². The van der Waals surface area contributed by atoms with Crippen molar-refractivity contribution >= 4 is 22.9 Å². The van der Waals surface area contributed by atoms with Crippen LogP contribution in [0.1, 0.15) is 21.5 Å². The van der Waals surface area contributed by atoms with Crippen LogP contribution in [0.3, 0.4) is 0 Å². The highest BCUT2D eigenvalue weighted by Gasteiger charge is 2.12. The van der Waals surface area contributed by atoms with Gasteiger partial charge in [0, 0.05) is 0 Å². The smallest absolute Gasteiger partial charge is 0.267 e. The van der Waals surface area contributed by atoms with E-state index in [1.54, 1.807) is 12.1 Å². The van der Waals surface area contributed by atoms with Crippen LogP contribution in [0.25, 0.3) is 10.8 Å². The molecule has 0 spiro atoms. The zero-order valence-electron chi connectivity index (χ0n) is 12.6. The number of hydrogen-bond donors (Lipinski definition) is 1. The molecule has 4 heteroatoms. The first kappa shape index (κ1) is 14.9. The molecule has 0 atom stereocenters. The number of hydrogen-bond acceptors (Lipinski definition) is 2. The Bertz CT molecular complexity index is 886. The first-order valence-corrected chi connectivity index (χ1v) is 7.22. The standard InChI is InChI=1S/C19H15FN2O/c1-13-6-9-15-4-2-3-5-17(15)18(13)19(23)22-21-12-14-7-10-16(20)11-8-14/h2-12H,1H3,(H,22,23)/b21-12-. The molecule has 0 saturated heterocycles. The van der Waals surface area contributed by atoms with E-state index in [4.69, 9.17) is 0 Å². The van der Waals surface area contributed by atoms with Crippen LogP contribution in [0.2, 0.25) is 0 Å². The Morgan fingerprint density at radius 2 is 1.78 bits per heavy atom. The lowest BCUT2D eigenvalue weighted by Gasteiger charge is -2.08. The Hall–Kier alpha value is -3.01. The lowest BCUT2D eigenvalue weighted by atomic mass is 9.99. The second-order valence-electron chi connectivity index (χ2n) is 5.23. The molecule has 3 rings (SSSR count). The fraction of sp³-hybridized carbons (Fsp3) is 0.0526. The summed E-state index contributed by atoms with van der Waals surface area (Å²) >= 11 is 0. The third-order valence-electron chi connectivity index (χ3n) is 3.61. The maximum atomic E-state index is 12.8. The zero-order valence-corrected chi connectivity index (χ0v) is 12.6. The van der Waals surface area contributed by atoms with Gasteiger partial charge in [0.05, 0.1) is 11.8 Å². The van der Waals surface area contributed by atoms with Crippen molar-refractivity contribution in [2.75, 3.05) is 0 Å². The summed E-state index contributed by atoms with van der Waals surface area (Å²) in [5.41, 5.74) is 4.74. The van der Waals surface area contributed by atoms with Crippen LogP contribution in [0.15, 0.2) is 65.8 Å². The van der Waals surface area contributed by atoms with E-state index in [1.807, 2.05) is 43.3 Å². The molecule has 23 heavy (non-hydrogen) atoms. The average molecular weight is 306 g/mol. The molecule has 1 amide bonds. The normalized spacial score (nSPS) is 11.0. The van der Waals surface area contributed by atoms with Crippen LogP contribution in [0, 0.1) is 12.7 Å². The van der Waals surface area contributed by atoms with Crippen LogP contribution < -0.4 is 5.43 Å². The Morgan fingerprint density at radius 3 is 2.57 bits per heavy atom. The minimum atomic E-state index is -0.308. The molecule has 0 saturated carbocycles. The highest BCUT2D eigenvalue weighted by molar-refractivity contribution is 6.08. The number of nitrogens with zero attached hydrogens (tertiary/aromatic N) is 1. The fourth-order valence-electron chi connectivity index (χ4n) is 2.45. The maximum absolute atomic E-state index is 12.8. The van der Waals surface area contributed by atoms with Crippen molar-refractivity contribution in [2.45, 2.75) is 6.92 Å². The van der Waals surface area contributed by atoms with E-state index in [-0.39, 0.29) is 11.7 Å². The van der Waals surface area contributed by atoms with Crippen molar-refractivity contribution in [3.05, 3.63) is 83.2 Å². The van der Waals surface area contributed by atoms with Gasteiger partial charge in [-0.1, -0.05) is 48.5 Å². The number of rotatable bonds is 3. The minimum Gasteiger partial charge on any atom is -0.267 e. The van der Waals surface area contributed by atoms with Gasteiger partial charge >= 0.3 is 0 Å². The second kappa shape index (κ2) is 6.40. The monoisotopic (exact) mass is 306 g/mol. The Morgan fingerprint density at radius 1 is 1.04 bits per heavy atom. The number of aryl methyl sites for hydroxylation is 1. The van der Waals surface area contributed by atoms with Gasteiger partial charge in [-0.3, -0.25) is 4.79 Å². The fourth-order valence-corrected chi connectivity index (χ4v) is 2.45. The number of hydrazone groups is 1. The van der Waals surface area contributed by atoms with Gasteiger partial charge in [0.2, 0.25) is 0 Å². The third kappa shape index (κ3) is 3.26. The Labute approximate surface area is 133 Å². The molecule has 0 aromatic heterocycles. The van der Waals surface area contributed by atoms with Gasteiger partial charge in [0.1, 0.15) is 5.82 Å². The van der Waals surface area contributed by atoms with Gasteiger partial charge < -0.3 is 0 Å². The summed E-state index contributed by atoms with van der Waals surface area (Å²) in [5, 5.41) is 5.84. The molecular formula is C19H15FN2O. The summed E-state index contributed by atoms with van der Waals surface area (Å²) in [6.45, 7) is 1.89. The molecule has 0 bridgehead atoms. The number of amides is 1. The van der Waals surface area contributed by atoms with Gasteiger partial charge in [0.25, 0.3) is 5.91 Å². The molecule has 1 N–H and O–H groups in total. The SMILES string of the molecule is Cc1ccc2ccccc2c1C(=O)N/N=C\c1ccc(F)cc1. The van der Waals surface area contributed by atoms with Crippen LogP contribution in [-0.4, -0.2) is 12.1 Å². The van der Waals surface area contributed by atoms with Crippen LogP contribution in [-0.2, 0) is 0 Å². The molecule has 0 heterocycles. The van der Waals surface area contributed by atoms with Gasteiger partial charge in [-0.2, -0.15) is 5.10 Å². The summed E-state index contributed by atoms with van der Waals surface area (Å²) in [5.74, 6) is -0.574. The van der Waals surface area contributed by atoms with Crippen molar-refractivity contribution in [2.24, 2.45) is 5.10 Å². The van der Waals surface area contributed by atoms with Crippen LogP contribution in [0.5, 0.6) is 0 Å². The van der Waals surface area contributed by atoms with Crippen molar-refractivity contribution in [3.8, 4) is 0 Å². The number of halogens is 1. The highest BCUT2D eigenvalue weighted by atomic mass is 19.1. The van der Waals surface area contributed by atoms with Crippen molar-refractivity contribution in [3.63, 3.8) is 0 Å². The maximum Gasteiger partial charge on any atom is 0.272 e. The molecule has 3 aromatic carbocycles. The zero-order chi connectivity index (χ0) is 16.2. The molecule has 3 nitrogen and oxygen atoms in total. The van der Waals surface area contributed by atoms with Crippen molar-refractivity contribution < 1.29 is 9.18 Å². The second-order valence-corrected chi connectivity index (χ2v) is 5.23. The molecular weight excluding hydrogens is 291 g/mol. The quantitative estimate of drug-likeness (QED) is 0.575. The third-order valence-corrected chi connectivity index (χ3v) is 3.61. The number of carbonyl (C=O) groups excluding carboxylic acids is 1. The molecule has 0 aliphatic heterocycles. The number of nitrogens with one attached hydrogen (secondary N) is 1. The van der Waals surface area contributed by atoms with E-state index < -0.39 is 0 Å². The van der Waals surface area contributed by atoms with E-state index in [9.17, 15) is 9.18 Å². The van der Waals surface area contributed by atoms with E-state index in [1.165, 1.54) is 18.3 Å². The van der Waals surface area contributed by atoms with Crippen LogP contribution >= 0.6 is 0 Å². The lowest BCUT2D eigenvalue weighted by Crippen LogP contribution is -2.19. The summed E-state index contributed by atoms with van der Waals surface area (Å²) in [6, 6.07) is 17.5. The molecule has 0 radical (unpaired) electrons. The number of fused-ring (bicyclic) bond motifs is 1. The first-order chi connectivity index (χ1) is 11.1. The van der Waals surface area contributed by atoms with E-state index in [0.717, 1.165) is 16.3 Å². The predicted octanol–water partition coefficient (Wildman–Crippen LogP) is 4.05. The topological polar surface area (TPSA) is 41.5 Å². The van der Waals surface area contributed by atoms with Gasteiger partial charge in [0.15, 0.2) is 0 Å². The summed E-state index contributed by atoms with van der Waals surface area (Å²) in [4.78, 5) is 12.4. The summed E-state index contributed by atoms with van der Waals surface area (Å²) < 4.78 is 12.8. The van der Waals surface area contributed by atoms with Crippen molar-refractivity contribution in [1.29, 1.82) is 0 Å². The molecule has 0 fully saturated rings. The van der Waals surface area contributed by atoms with E-state index >= 15 is 0 Å². The van der Waals surface area contributed by atoms with Crippen molar-refractivity contribution in [1.82, 2.24) is 5.43 Å². The Kier molecular flexibility index (Phi) is 4.15. The van der Waals surface area contributed by atoms with Gasteiger partial charge in [-0.25, -0.2) is 9.82 Å². The molecule has 0 unspecified atom stereocenters. The lowest BCUT2D eigenvalue weighted by molar-refractivity contribution is 0.0956. The minimum absolute atomic E-state index is 0.266. The molecule has 3 aromatic rings. The van der Waals surface area contributed by atoms with Crippen LogP contribution in [0.4, 0.5) is 4.39 Å².